The van der Waals surface area contributed by atoms with Crippen LogP contribution in [-0.4, -0.2) is 5.60 Å². The summed E-state index contributed by atoms with van der Waals surface area (Å²) in [5, 5.41) is 0. The van der Waals surface area contributed by atoms with Crippen molar-refractivity contribution in [2.75, 3.05) is 0 Å². The molecule has 2 heteroatoms. The van der Waals surface area contributed by atoms with Crippen LogP contribution in [0.25, 0.3) is 11.6 Å². The first kappa shape index (κ1) is 15.3. The van der Waals surface area contributed by atoms with Gasteiger partial charge >= 0.3 is 0 Å². The monoisotopic (exact) mass is 340 g/mol. The lowest BCUT2D eigenvalue weighted by Gasteiger charge is -2.44. The van der Waals surface area contributed by atoms with Gasteiger partial charge in [0.25, 0.3) is 0 Å². The Bertz CT molecular complexity index is 1020. The van der Waals surface area contributed by atoms with E-state index in [1.807, 2.05) is 36.4 Å². The van der Waals surface area contributed by atoms with Gasteiger partial charge in [0.2, 0.25) is 5.60 Å². The van der Waals surface area contributed by atoms with Crippen LogP contribution in [0, 0.1) is 0 Å². The molecule has 26 heavy (non-hydrogen) atoms. The van der Waals surface area contributed by atoms with Gasteiger partial charge in [-0.3, -0.25) is 0 Å². The zero-order chi connectivity index (χ0) is 17.8. The topological polar surface area (TPSA) is 18.5 Å². The van der Waals surface area contributed by atoms with Gasteiger partial charge in [0.15, 0.2) is 5.60 Å². The zero-order valence-electron chi connectivity index (χ0n) is 14.9. The Balaban J connectivity index is 1.85. The van der Waals surface area contributed by atoms with Crippen molar-refractivity contribution in [2.45, 2.75) is 25.0 Å². The maximum atomic E-state index is 6.80. The molecule has 2 heterocycles. The van der Waals surface area contributed by atoms with Gasteiger partial charge in [-0.25, -0.2) is 0 Å². The summed E-state index contributed by atoms with van der Waals surface area (Å²) in [7, 11) is 0. The highest BCUT2D eigenvalue weighted by atomic mass is 16.6. The van der Waals surface area contributed by atoms with Gasteiger partial charge in [0.1, 0.15) is 11.5 Å². The Kier molecular flexibility index (Phi) is 3.08. The normalized spacial score (nSPS) is 22.0. The van der Waals surface area contributed by atoms with E-state index in [0.29, 0.717) is 0 Å². The van der Waals surface area contributed by atoms with Crippen molar-refractivity contribution in [3.8, 4) is 11.5 Å². The van der Waals surface area contributed by atoms with E-state index in [4.69, 9.17) is 9.47 Å². The van der Waals surface area contributed by atoms with E-state index in [9.17, 15) is 0 Å². The van der Waals surface area contributed by atoms with Crippen LogP contribution in [0.3, 0.4) is 0 Å². The largest absolute Gasteiger partial charge is 0.482 e. The molecule has 2 aliphatic rings. The maximum absolute atomic E-state index is 6.80. The Morgan fingerprint density at radius 2 is 1.31 bits per heavy atom. The van der Waals surface area contributed by atoms with Crippen LogP contribution in [0.15, 0.2) is 78.9 Å². The minimum Gasteiger partial charge on any atom is -0.482 e. The van der Waals surface area contributed by atoms with Crippen molar-refractivity contribution in [2.24, 2.45) is 0 Å². The van der Waals surface area contributed by atoms with Crippen molar-refractivity contribution in [1.29, 1.82) is 0 Å². The van der Waals surface area contributed by atoms with Gasteiger partial charge in [0, 0.05) is 16.7 Å². The van der Waals surface area contributed by atoms with E-state index in [1.54, 1.807) is 0 Å². The number of ether oxygens (including phenoxy) is 2. The van der Waals surface area contributed by atoms with Crippen molar-refractivity contribution in [1.82, 2.24) is 0 Å². The summed E-state index contributed by atoms with van der Waals surface area (Å²) in [5.41, 5.74) is 3.21. The van der Waals surface area contributed by atoms with Crippen LogP contribution < -0.4 is 9.47 Å². The van der Waals surface area contributed by atoms with E-state index < -0.39 is 11.2 Å². The third kappa shape index (κ3) is 1.93. The van der Waals surface area contributed by atoms with Crippen molar-refractivity contribution < 1.29 is 9.47 Å². The molecule has 0 saturated heterocycles. The molecule has 1 atom stereocenters. The highest BCUT2D eigenvalue weighted by Crippen LogP contribution is 2.59. The molecule has 3 aromatic rings. The third-order valence-corrected chi connectivity index (χ3v) is 5.43. The first-order chi connectivity index (χ1) is 12.6. The van der Waals surface area contributed by atoms with E-state index in [-0.39, 0.29) is 0 Å². The van der Waals surface area contributed by atoms with Crippen molar-refractivity contribution in [3.05, 3.63) is 95.6 Å². The Morgan fingerprint density at radius 1 is 0.654 bits per heavy atom. The molecule has 2 aliphatic heterocycles. The lowest BCUT2D eigenvalue weighted by atomic mass is 9.71. The lowest BCUT2D eigenvalue weighted by Crippen LogP contribution is -2.52. The van der Waals surface area contributed by atoms with Gasteiger partial charge in [-0.1, -0.05) is 66.7 Å². The minimum atomic E-state index is -0.695. The fourth-order valence-corrected chi connectivity index (χ4v) is 4.24. The standard InChI is InChI=1S/C24H20O2/c1-23(2)24(19-13-7-9-15-22(19)25-23)20(17-10-4-3-5-11-17)16-18-12-6-8-14-21(18)26-24/h3-16H,1-2H3. The van der Waals surface area contributed by atoms with Crippen LogP contribution >= 0.6 is 0 Å². The maximum Gasteiger partial charge on any atom is 0.202 e. The SMILES string of the molecule is CC1(C)Oc2ccccc2C12Oc1ccccc1C=C2c1ccccc1. The predicted molar refractivity (Wildman–Crippen MR) is 104 cm³/mol. The second-order valence-corrected chi connectivity index (χ2v) is 7.35. The molecular weight excluding hydrogens is 320 g/mol. The molecule has 0 fully saturated rings. The summed E-state index contributed by atoms with van der Waals surface area (Å²) >= 11 is 0. The number of hydrogen-bond acceptors (Lipinski definition) is 2. The van der Waals surface area contributed by atoms with Gasteiger partial charge in [-0.05, 0) is 37.6 Å². The summed E-state index contributed by atoms with van der Waals surface area (Å²) in [6, 6.07) is 26.9. The second kappa shape index (κ2) is 5.25. The van der Waals surface area contributed by atoms with E-state index in [1.165, 1.54) is 0 Å². The molecule has 2 nitrogen and oxygen atoms in total. The summed E-state index contributed by atoms with van der Waals surface area (Å²) in [4.78, 5) is 0. The third-order valence-electron chi connectivity index (χ3n) is 5.43. The first-order valence-electron chi connectivity index (χ1n) is 8.96. The predicted octanol–water partition coefficient (Wildman–Crippen LogP) is 5.69. The van der Waals surface area contributed by atoms with Crippen LogP contribution in [0.4, 0.5) is 0 Å². The fourth-order valence-electron chi connectivity index (χ4n) is 4.24. The molecule has 128 valence electrons. The van der Waals surface area contributed by atoms with Crippen LogP contribution in [0.1, 0.15) is 30.5 Å². The average molecular weight is 340 g/mol. The number of rotatable bonds is 1. The quantitative estimate of drug-likeness (QED) is 0.567. The fraction of sp³-hybridized carbons (Fsp3) is 0.167. The molecule has 0 amide bonds. The van der Waals surface area contributed by atoms with Crippen LogP contribution in [-0.2, 0) is 5.60 Å². The second-order valence-electron chi connectivity index (χ2n) is 7.35. The Hall–Kier alpha value is -3.00. The molecule has 0 radical (unpaired) electrons. The molecule has 1 unspecified atom stereocenters. The van der Waals surface area contributed by atoms with Gasteiger partial charge in [-0.15, -0.1) is 0 Å². The highest BCUT2D eigenvalue weighted by Gasteiger charge is 2.60. The number of para-hydroxylation sites is 2. The molecule has 0 aliphatic carbocycles. The van der Waals surface area contributed by atoms with Gasteiger partial charge in [-0.2, -0.15) is 0 Å². The molecular formula is C24H20O2. The molecule has 0 N–H and O–H groups in total. The number of benzene rings is 3. The van der Waals surface area contributed by atoms with Crippen molar-refractivity contribution in [3.63, 3.8) is 0 Å². The molecule has 5 rings (SSSR count). The van der Waals surface area contributed by atoms with E-state index >= 15 is 0 Å². The molecule has 0 saturated carbocycles. The Morgan fingerprint density at radius 3 is 2.12 bits per heavy atom. The molecule has 1 spiro atoms. The van der Waals surface area contributed by atoms with Crippen LogP contribution in [0.2, 0.25) is 0 Å². The van der Waals surface area contributed by atoms with Crippen LogP contribution in [0.5, 0.6) is 11.5 Å². The summed E-state index contributed by atoms with van der Waals surface area (Å²) < 4.78 is 13.2. The molecule has 0 bridgehead atoms. The molecule has 3 aromatic carbocycles. The number of hydrogen-bond donors (Lipinski definition) is 0. The highest BCUT2D eigenvalue weighted by molar-refractivity contribution is 5.92. The smallest absolute Gasteiger partial charge is 0.202 e. The lowest BCUT2D eigenvalue weighted by molar-refractivity contribution is -0.0337. The summed E-state index contributed by atoms with van der Waals surface area (Å²) in [6.45, 7) is 4.22. The van der Waals surface area contributed by atoms with Gasteiger partial charge in [0.05, 0.1) is 0 Å². The number of fused-ring (bicyclic) bond motifs is 3. The van der Waals surface area contributed by atoms with E-state index in [0.717, 1.165) is 33.8 Å². The first-order valence-corrected chi connectivity index (χ1v) is 8.96. The zero-order valence-corrected chi connectivity index (χ0v) is 14.9. The molecule has 0 aromatic heterocycles. The van der Waals surface area contributed by atoms with E-state index in [2.05, 4.69) is 62.4 Å². The summed E-state index contributed by atoms with van der Waals surface area (Å²) in [6.07, 6.45) is 2.25. The minimum absolute atomic E-state index is 0.550. The van der Waals surface area contributed by atoms with Crippen molar-refractivity contribution >= 4 is 11.6 Å². The summed E-state index contributed by atoms with van der Waals surface area (Å²) in [5.74, 6) is 1.78. The average Bonchev–Trinajstić information content (AvgIpc) is 2.89. The van der Waals surface area contributed by atoms with Gasteiger partial charge < -0.3 is 9.47 Å². The Labute approximate surface area is 153 Å².